The number of hydrogen-bond acceptors (Lipinski definition) is 2. The van der Waals surface area contributed by atoms with E-state index in [0.717, 1.165) is 122 Å². The van der Waals surface area contributed by atoms with E-state index in [1.807, 2.05) is 84.9 Å². The molecule has 0 spiro atoms. The van der Waals surface area contributed by atoms with Crippen molar-refractivity contribution in [3.63, 3.8) is 0 Å². The minimum absolute atomic E-state index is 0.0118. The number of benzene rings is 15. The monoisotopic (exact) mass is 1400 g/mol. The Morgan fingerprint density at radius 1 is 0.269 bits per heavy atom. The molecular weight excluding hydrogens is 1310 g/mol. The van der Waals surface area contributed by atoms with Crippen LogP contribution in [0.4, 0.5) is 34.1 Å². The number of aromatic nitrogens is 3. The molecule has 3 aromatic heterocycles. The Labute approximate surface area is 650 Å². The fraction of sp³-hybridized carbons (Fsp3) is 0.118. The van der Waals surface area contributed by atoms with Gasteiger partial charge in [-0.15, -0.1) is 0 Å². The van der Waals surface area contributed by atoms with E-state index in [0.29, 0.717) is 28.3 Å². The van der Waals surface area contributed by atoms with Crippen LogP contribution < -0.4 is 26.2 Å². The van der Waals surface area contributed by atoms with E-state index in [1.165, 1.54) is 11.1 Å². The lowest BCUT2D eigenvalue weighted by atomic mass is 9.33. The van der Waals surface area contributed by atoms with Crippen molar-refractivity contribution in [1.29, 1.82) is 0 Å². The summed E-state index contributed by atoms with van der Waals surface area (Å²) in [4.78, 5) is 4.62. The third-order valence-electron chi connectivity index (χ3n) is 22.4. The molecule has 0 atom stereocenters. The van der Waals surface area contributed by atoms with Gasteiger partial charge in [-0.2, -0.15) is 0 Å². The summed E-state index contributed by atoms with van der Waals surface area (Å²) in [6.07, 6.45) is 0. The summed E-state index contributed by atoms with van der Waals surface area (Å²) in [6, 6.07) is 82.5. The maximum absolute atomic E-state index is 10.3. The molecule has 0 radical (unpaired) electrons. The smallest absolute Gasteiger partial charge is 0.252 e. The van der Waals surface area contributed by atoms with Crippen molar-refractivity contribution in [2.75, 3.05) is 9.80 Å². The van der Waals surface area contributed by atoms with Crippen molar-refractivity contribution < 1.29 is 17.8 Å². The highest BCUT2D eigenvalue weighted by molar-refractivity contribution is 7.00. The van der Waals surface area contributed by atoms with Gasteiger partial charge in [0.15, 0.2) is 0 Å². The molecule has 5 nitrogen and oxygen atoms in total. The Balaban J connectivity index is 1.04. The molecule has 0 bridgehead atoms. The molecule has 108 heavy (non-hydrogen) atoms. The van der Waals surface area contributed by atoms with Crippen LogP contribution in [-0.4, -0.2) is 20.4 Å². The molecule has 0 aliphatic carbocycles. The minimum atomic E-state index is -0.748. The molecule has 0 unspecified atom stereocenters. The lowest BCUT2D eigenvalue weighted by molar-refractivity contribution is 0.590. The molecule has 518 valence electrons. The number of fused-ring (bicyclic) bond motifs is 13. The van der Waals surface area contributed by atoms with Crippen LogP contribution in [0, 0.1) is 0 Å². The van der Waals surface area contributed by atoms with Crippen LogP contribution in [0.25, 0.3) is 127 Å². The first kappa shape index (κ1) is 52.3. The van der Waals surface area contributed by atoms with Crippen LogP contribution in [0.15, 0.2) is 333 Å². The van der Waals surface area contributed by atoms with E-state index in [2.05, 4.69) is 251 Å². The Hall–Kier alpha value is -12.6. The Morgan fingerprint density at radius 3 is 1.31 bits per heavy atom. The largest absolute Gasteiger partial charge is 0.311 e. The third kappa shape index (κ3) is 10.3. The molecule has 0 amide bonds. The molecule has 2 aliphatic rings. The van der Waals surface area contributed by atoms with Crippen molar-refractivity contribution in [3.05, 3.63) is 350 Å². The van der Waals surface area contributed by atoms with Crippen molar-refractivity contribution >= 4 is 123 Å². The molecule has 15 aromatic carbocycles. The highest BCUT2D eigenvalue weighted by Crippen LogP contribution is 2.55. The SMILES string of the molecule is [2H]c1c([2H])c([2H])c(-c2ccc3c(c2)N(c2cc(-c4ccccc4)cc4c2c2ccccc2n4-c2ccccc2)c2cc(-n4c5c([2H])c([2H])c([2H])c([2H])c5c5c([2H])c([2H])c([2H])c([2H])c54)cc4c2B3c2ccc(-n3c5ccc(C(C)(C)C)cc5c5cc(C(C)(C)C)ccc53)cc2N4c2c(-c3ccccc3)cc(C(C)(C)C)cc2-c2ccccc2)c([2H])c1[2H]. The summed E-state index contributed by atoms with van der Waals surface area (Å²) >= 11 is 0. The standard InChI is InChI=1S/C102H82BN5/c1-100(2,3)71-48-53-89-82(58-71)83-59-72(101(4,5)6)49-54-90(83)105(89)75-50-52-85-92(62-75)108(99-80(67-35-19-12-20-36-67)60-73(102(7,8)9)61-81(99)68-37-21-13-22-38-68)96-64-76(106-86-44-28-25-41-77(86)78-42-26-29-45-87(78)106)63-95-98(96)103(85)84-51-47-69(65-31-15-10-16-32-65)55-91(84)107(95)94-57-70(66-33-17-11-18-34-66)56-93-97(94)79-43-27-30-46-88(79)104(93)74-39-23-14-24-40-74/h10-64H,1-9H3/i10D,15D,16D,25D,26D,28D,29D,31D,32D,41D,42D,44D,45D. The van der Waals surface area contributed by atoms with Gasteiger partial charge in [0.25, 0.3) is 6.71 Å². The van der Waals surface area contributed by atoms with Crippen molar-refractivity contribution in [2.45, 2.75) is 78.6 Å². The maximum atomic E-state index is 10.3. The Kier molecular flexibility index (Phi) is 11.9. The van der Waals surface area contributed by atoms with Gasteiger partial charge >= 0.3 is 0 Å². The topological polar surface area (TPSA) is 21.3 Å². The summed E-state index contributed by atoms with van der Waals surface area (Å²) in [5.41, 5.74) is 20.1. The first-order valence-corrected chi connectivity index (χ1v) is 37.1. The van der Waals surface area contributed by atoms with E-state index in [-0.39, 0.29) is 56.0 Å². The Bertz CT molecular complexity index is 7270. The van der Waals surface area contributed by atoms with Gasteiger partial charge in [0, 0.05) is 77.6 Å². The van der Waals surface area contributed by atoms with Crippen LogP contribution in [-0.2, 0) is 16.2 Å². The van der Waals surface area contributed by atoms with E-state index in [1.54, 1.807) is 4.57 Å². The van der Waals surface area contributed by atoms with Crippen molar-refractivity contribution in [3.8, 4) is 61.6 Å². The number of para-hydroxylation sites is 4. The molecule has 5 heterocycles. The molecule has 6 heteroatoms. The van der Waals surface area contributed by atoms with Crippen LogP contribution in [0.5, 0.6) is 0 Å². The highest BCUT2D eigenvalue weighted by atomic mass is 15.2. The minimum Gasteiger partial charge on any atom is -0.311 e. The molecular formula is C102H82BN5. The van der Waals surface area contributed by atoms with Gasteiger partial charge in [-0.1, -0.05) is 287 Å². The van der Waals surface area contributed by atoms with Gasteiger partial charge in [0.05, 0.1) is 68.0 Å². The van der Waals surface area contributed by atoms with E-state index < -0.39 is 78.6 Å². The number of rotatable bonds is 9. The molecule has 20 rings (SSSR count). The zero-order valence-corrected chi connectivity index (χ0v) is 61.6. The summed E-state index contributed by atoms with van der Waals surface area (Å²) in [5, 5.41) is 3.70. The maximum Gasteiger partial charge on any atom is 0.252 e. The fourth-order valence-corrected chi connectivity index (χ4v) is 17.1. The lowest BCUT2D eigenvalue weighted by Crippen LogP contribution is -2.61. The van der Waals surface area contributed by atoms with Crippen LogP contribution in [0.2, 0.25) is 0 Å². The van der Waals surface area contributed by atoms with Gasteiger partial charge in [0.2, 0.25) is 0 Å². The van der Waals surface area contributed by atoms with Crippen molar-refractivity contribution in [1.82, 2.24) is 13.7 Å². The zero-order valence-electron chi connectivity index (χ0n) is 74.6. The van der Waals surface area contributed by atoms with Crippen molar-refractivity contribution in [2.24, 2.45) is 0 Å². The zero-order chi connectivity index (χ0) is 84.4. The van der Waals surface area contributed by atoms with Gasteiger partial charge in [-0.25, -0.2) is 0 Å². The van der Waals surface area contributed by atoms with E-state index >= 15 is 0 Å². The number of hydrogen-bond donors (Lipinski definition) is 0. The second-order valence-electron chi connectivity index (χ2n) is 31.9. The molecule has 0 fully saturated rings. The van der Waals surface area contributed by atoms with Gasteiger partial charge < -0.3 is 23.5 Å². The van der Waals surface area contributed by atoms with Crippen LogP contribution >= 0.6 is 0 Å². The van der Waals surface area contributed by atoms with E-state index in [4.69, 9.17) is 1.37 Å². The first-order chi connectivity index (χ1) is 57.9. The summed E-state index contributed by atoms with van der Waals surface area (Å²) in [7, 11) is 0. The third-order valence-corrected chi connectivity index (χ3v) is 22.4. The fourth-order valence-electron chi connectivity index (χ4n) is 17.1. The number of nitrogens with zero attached hydrogens (tertiary/aromatic N) is 5. The van der Waals surface area contributed by atoms with E-state index in [9.17, 15) is 16.4 Å². The predicted molar refractivity (Wildman–Crippen MR) is 461 cm³/mol. The average molecular weight is 1400 g/mol. The van der Waals surface area contributed by atoms with Gasteiger partial charge in [0.1, 0.15) is 0 Å². The molecule has 18 aromatic rings. The molecule has 2 aliphatic heterocycles. The second kappa shape index (κ2) is 24.5. The molecule has 0 N–H and O–H groups in total. The van der Waals surface area contributed by atoms with Gasteiger partial charge in [-0.05, 0) is 192 Å². The first-order valence-electron chi connectivity index (χ1n) is 43.6. The number of anilines is 6. The normalized spacial score (nSPS) is 14.7. The summed E-state index contributed by atoms with van der Waals surface area (Å²) in [6.45, 7) is 19.4. The summed E-state index contributed by atoms with van der Waals surface area (Å²) in [5.74, 6) is 0. The second-order valence-corrected chi connectivity index (χ2v) is 31.9. The van der Waals surface area contributed by atoms with Crippen LogP contribution in [0.1, 0.15) is 96.8 Å². The van der Waals surface area contributed by atoms with Crippen LogP contribution in [0.3, 0.4) is 0 Å². The predicted octanol–water partition coefficient (Wildman–Crippen LogP) is 25.6. The van der Waals surface area contributed by atoms with Gasteiger partial charge in [-0.3, -0.25) is 0 Å². The molecule has 0 saturated heterocycles. The Morgan fingerprint density at radius 2 is 0.731 bits per heavy atom. The average Bonchev–Trinajstić information content (AvgIpc) is 1.66. The lowest BCUT2D eigenvalue weighted by Gasteiger charge is -2.46. The molecule has 0 saturated carbocycles. The highest BCUT2D eigenvalue weighted by Gasteiger charge is 2.46. The summed E-state index contributed by atoms with van der Waals surface area (Å²) < 4.78 is 132. The quantitative estimate of drug-likeness (QED) is 0.134.